The molecule has 102 valence electrons. The minimum absolute atomic E-state index is 0.0120. The fraction of sp³-hybridized carbons (Fsp3) is 0.0769. The average Bonchev–Trinajstić information content (AvgIpc) is 2.78. The second-order valence-electron chi connectivity index (χ2n) is 4.09. The van der Waals surface area contributed by atoms with Crippen molar-refractivity contribution in [1.29, 1.82) is 0 Å². The topological polar surface area (TPSA) is 30.7 Å². The van der Waals surface area contributed by atoms with E-state index in [1.807, 2.05) is 0 Å². The van der Waals surface area contributed by atoms with E-state index in [4.69, 9.17) is 23.2 Å². The van der Waals surface area contributed by atoms with Crippen LogP contribution in [-0.4, -0.2) is 14.5 Å². The van der Waals surface area contributed by atoms with Crippen LogP contribution >= 0.6 is 23.2 Å². The highest BCUT2D eigenvalue weighted by Gasteiger charge is 2.16. The fourth-order valence-electron chi connectivity index (χ4n) is 1.99. The average molecular weight is 314 g/mol. The number of rotatable bonds is 2. The van der Waals surface area contributed by atoms with Gasteiger partial charge in [0.2, 0.25) is 0 Å². The van der Waals surface area contributed by atoms with Gasteiger partial charge in [0.25, 0.3) is 0 Å². The Hall–Kier alpha value is -1.72. The summed E-state index contributed by atoms with van der Waals surface area (Å²) in [5.74, 6) is -0.753. The zero-order chi connectivity index (χ0) is 14.3. The molecule has 0 amide bonds. The SMILES string of the molecule is Fc1ccc(F)c(-n2c(CCl)nc3cc(Cl)cnc32)c1. The third-order valence-corrected chi connectivity index (χ3v) is 3.25. The highest BCUT2D eigenvalue weighted by molar-refractivity contribution is 6.31. The maximum atomic E-state index is 13.9. The van der Waals surface area contributed by atoms with Gasteiger partial charge in [-0.15, -0.1) is 11.6 Å². The zero-order valence-electron chi connectivity index (χ0n) is 9.95. The lowest BCUT2D eigenvalue weighted by Gasteiger charge is -2.08. The summed E-state index contributed by atoms with van der Waals surface area (Å²) in [6.45, 7) is 0. The molecule has 20 heavy (non-hydrogen) atoms. The Kier molecular flexibility index (Phi) is 3.31. The summed E-state index contributed by atoms with van der Waals surface area (Å²) in [4.78, 5) is 8.35. The highest BCUT2D eigenvalue weighted by Crippen LogP contribution is 2.25. The number of hydrogen-bond acceptors (Lipinski definition) is 2. The zero-order valence-corrected chi connectivity index (χ0v) is 11.5. The molecule has 0 N–H and O–H groups in total. The third kappa shape index (κ3) is 2.13. The smallest absolute Gasteiger partial charge is 0.164 e. The second-order valence-corrected chi connectivity index (χ2v) is 4.79. The van der Waals surface area contributed by atoms with Crippen LogP contribution in [0, 0.1) is 11.6 Å². The number of benzene rings is 1. The van der Waals surface area contributed by atoms with Crippen molar-refractivity contribution in [3.63, 3.8) is 0 Å². The van der Waals surface area contributed by atoms with Crippen molar-refractivity contribution >= 4 is 34.4 Å². The van der Waals surface area contributed by atoms with E-state index in [2.05, 4.69) is 9.97 Å². The second kappa shape index (κ2) is 5.00. The first-order chi connectivity index (χ1) is 9.60. The molecule has 7 heteroatoms. The van der Waals surface area contributed by atoms with E-state index in [1.165, 1.54) is 10.8 Å². The number of pyridine rings is 1. The van der Waals surface area contributed by atoms with Crippen LogP contribution in [0.1, 0.15) is 5.82 Å². The van der Waals surface area contributed by atoms with Gasteiger partial charge in [0.1, 0.15) is 23.0 Å². The van der Waals surface area contributed by atoms with E-state index in [0.717, 1.165) is 18.2 Å². The van der Waals surface area contributed by atoms with Crippen LogP contribution in [0.4, 0.5) is 8.78 Å². The van der Waals surface area contributed by atoms with Gasteiger partial charge in [-0.05, 0) is 18.2 Å². The number of aromatic nitrogens is 3. The van der Waals surface area contributed by atoms with Gasteiger partial charge in [-0.1, -0.05) is 11.6 Å². The van der Waals surface area contributed by atoms with Crippen LogP contribution in [0.3, 0.4) is 0 Å². The Bertz CT molecular complexity index is 802. The lowest BCUT2D eigenvalue weighted by atomic mass is 10.3. The van der Waals surface area contributed by atoms with Crippen molar-refractivity contribution in [2.45, 2.75) is 5.88 Å². The minimum Gasteiger partial charge on any atom is -0.277 e. The maximum absolute atomic E-state index is 13.9. The van der Waals surface area contributed by atoms with Crippen molar-refractivity contribution < 1.29 is 8.78 Å². The van der Waals surface area contributed by atoms with Gasteiger partial charge in [-0.2, -0.15) is 0 Å². The number of alkyl halides is 1. The van der Waals surface area contributed by atoms with Gasteiger partial charge in [0.05, 0.1) is 16.6 Å². The predicted octanol–water partition coefficient (Wildman–Crippen LogP) is 4.09. The molecule has 0 saturated heterocycles. The molecule has 0 bridgehead atoms. The van der Waals surface area contributed by atoms with Gasteiger partial charge in [-0.25, -0.2) is 18.7 Å². The molecule has 0 aliphatic rings. The van der Waals surface area contributed by atoms with Crippen molar-refractivity contribution in [3.8, 4) is 5.69 Å². The first-order valence-corrected chi connectivity index (χ1v) is 6.55. The molecule has 1 aromatic carbocycles. The van der Waals surface area contributed by atoms with E-state index >= 15 is 0 Å². The summed E-state index contributed by atoms with van der Waals surface area (Å²) in [5, 5.41) is 0.406. The summed E-state index contributed by atoms with van der Waals surface area (Å²) >= 11 is 11.7. The Balaban J connectivity index is 2.37. The molecule has 3 rings (SSSR count). The Morgan fingerprint density at radius 1 is 1.20 bits per heavy atom. The van der Waals surface area contributed by atoms with Crippen molar-refractivity contribution in [2.24, 2.45) is 0 Å². The van der Waals surface area contributed by atoms with E-state index in [-0.39, 0.29) is 11.6 Å². The predicted molar refractivity (Wildman–Crippen MR) is 73.3 cm³/mol. The van der Waals surface area contributed by atoms with Gasteiger partial charge in [-0.3, -0.25) is 4.57 Å². The molecule has 3 nitrogen and oxygen atoms in total. The molecule has 0 fully saturated rings. The van der Waals surface area contributed by atoms with E-state index in [1.54, 1.807) is 6.07 Å². The van der Waals surface area contributed by atoms with E-state index < -0.39 is 11.6 Å². The van der Waals surface area contributed by atoms with Crippen molar-refractivity contribution in [1.82, 2.24) is 14.5 Å². The molecule has 0 saturated carbocycles. The lowest BCUT2D eigenvalue weighted by molar-refractivity contribution is 0.592. The summed E-state index contributed by atoms with van der Waals surface area (Å²) in [7, 11) is 0. The molecule has 0 spiro atoms. The Morgan fingerprint density at radius 2 is 2.00 bits per heavy atom. The first kappa shape index (κ1) is 13.3. The van der Waals surface area contributed by atoms with Crippen molar-refractivity contribution in [2.75, 3.05) is 0 Å². The number of imidazole rings is 1. The largest absolute Gasteiger partial charge is 0.277 e. The quantitative estimate of drug-likeness (QED) is 0.667. The van der Waals surface area contributed by atoms with Gasteiger partial charge < -0.3 is 0 Å². The Labute approximate surface area is 122 Å². The molecular formula is C13H7Cl2F2N3. The summed E-state index contributed by atoms with van der Waals surface area (Å²) < 4.78 is 28.7. The van der Waals surface area contributed by atoms with Crippen LogP contribution in [-0.2, 0) is 5.88 Å². The first-order valence-electron chi connectivity index (χ1n) is 5.64. The van der Waals surface area contributed by atoms with Crippen LogP contribution in [0.5, 0.6) is 0 Å². The van der Waals surface area contributed by atoms with Crippen molar-refractivity contribution in [3.05, 3.63) is 52.9 Å². The molecule has 3 aromatic rings. The minimum atomic E-state index is -0.589. The molecule has 2 aromatic heterocycles. The molecule has 0 atom stereocenters. The van der Waals surface area contributed by atoms with Crippen LogP contribution in [0.2, 0.25) is 5.02 Å². The number of halogens is 4. The van der Waals surface area contributed by atoms with Crippen LogP contribution in [0.15, 0.2) is 30.5 Å². The maximum Gasteiger partial charge on any atom is 0.164 e. The number of nitrogens with zero attached hydrogens (tertiary/aromatic N) is 3. The summed E-state index contributed by atoms with van der Waals surface area (Å²) in [6, 6.07) is 4.75. The van der Waals surface area contributed by atoms with Gasteiger partial charge in [0.15, 0.2) is 5.65 Å². The van der Waals surface area contributed by atoms with Gasteiger partial charge >= 0.3 is 0 Å². The normalized spacial score (nSPS) is 11.2. The molecule has 2 heterocycles. The fourth-order valence-corrected chi connectivity index (χ4v) is 2.32. The molecule has 0 aliphatic heterocycles. The summed E-state index contributed by atoms with van der Waals surface area (Å²) in [6.07, 6.45) is 1.41. The van der Waals surface area contributed by atoms with Crippen LogP contribution < -0.4 is 0 Å². The summed E-state index contributed by atoms with van der Waals surface area (Å²) in [5.41, 5.74) is 0.851. The monoisotopic (exact) mass is 313 g/mol. The number of hydrogen-bond donors (Lipinski definition) is 0. The molecule has 0 unspecified atom stereocenters. The standard InChI is InChI=1S/C13H7Cl2F2N3/c14-5-12-19-10-3-7(15)6-18-13(10)20(12)11-4-8(16)1-2-9(11)17/h1-4,6H,5H2. The highest BCUT2D eigenvalue weighted by atomic mass is 35.5. The Morgan fingerprint density at radius 3 is 2.75 bits per heavy atom. The molecule has 0 aliphatic carbocycles. The van der Waals surface area contributed by atoms with E-state index in [0.29, 0.717) is 22.0 Å². The lowest BCUT2D eigenvalue weighted by Crippen LogP contribution is -2.03. The number of fused-ring (bicyclic) bond motifs is 1. The molecular weight excluding hydrogens is 307 g/mol. The van der Waals surface area contributed by atoms with Crippen LogP contribution in [0.25, 0.3) is 16.9 Å². The van der Waals surface area contributed by atoms with Gasteiger partial charge in [0, 0.05) is 12.3 Å². The molecule has 0 radical (unpaired) electrons. The van der Waals surface area contributed by atoms with E-state index in [9.17, 15) is 8.78 Å². The third-order valence-electron chi connectivity index (χ3n) is 2.80.